The van der Waals surface area contributed by atoms with E-state index in [1.54, 1.807) is 6.07 Å². The zero-order valence-electron chi connectivity index (χ0n) is 19.2. The third kappa shape index (κ3) is 5.96. The van der Waals surface area contributed by atoms with Crippen LogP contribution in [0.1, 0.15) is 41.4 Å². The number of hydrogen-bond donors (Lipinski definition) is 1. The monoisotopic (exact) mass is 491 g/mol. The van der Waals surface area contributed by atoms with E-state index >= 15 is 0 Å². The topological polar surface area (TPSA) is 70.6 Å². The molecule has 0 bridgehead atoms. The molecule has 2 aromatic rings. The minimum Gasteiger partial charge on any atom is -0.376 e. The van der Waals surface area contributed by atoms with E-state index in [-0.39, 0.29) is 12.0 Å². The lowest BCUT2D eigenvalue weighted by Gasteiger charge is -2.41. The first-order chi connectivity index (χ1) is 15.9. The van der Waals surface area contributed by atoms with Crippen molar-refractivity contribution in [2.75, 3.05) is 44.6 Å². The molecule has 33 heavy (non-hydrogen) atoms. The number of halogens is 2. The molecule has 9 heteroatoms. The summed E-state index contributed by atoms with van der Waals surface area (Å²) in [5, 5.41) is 4.43. The Bertz CT molecular complexity index is 981. The molecular weight excluding hydrogens is 461 g/mol. The van der Waals surface area contributed by atoms with Crippen molar-refractivity contribution in [1.29, 1.82) is 0 Å². The summed E-state index contributed by atoms with van der Waals surface area (Å²) in [5.74, 6) is 0.668. The number of ether oxygens (including phenoxy) is 1. The first kappa shape index (κ1) is 24.2. The van der Waals surface area contributed by atoms with Gasteiger partial charge in [-0.25, -0.2) is 9.97 Å². The van der Waals surface area contributed by atoms with Crippen LogP contribution in [0.2, 0.25) is 10.0 Å². The number of carbonyl (C=O) groups excluding carboxylic acids is 1. The molecule has 1 amide bonds. The number of rotatable bonds is 6. The van der Waals surface area contributed by atoms with Crippen molar-refractivity contribution in [3.63, 3.8) is 0 Å². The van der Waals surface area contributed by atoms with E-state index in [2.05, 4.69) is 27.1 Å². The minimum absolute atomic E-state index is 0.0174. The van der Waals surface area contributed by atoms with Gasteiger partial charge in [-0.2, -0.15) is 0 Å². The molecule has 2 aliphatic heterocycles. The summed E-state index contributed by atoms with van der Waals surface area (Å²) in [6.07, 6.45) is 4.47. The van der Waals surface area contributed by atoms with Crippen molar-refractivity contribution in [3.8, 4) is 0 Å². The SMILES string of the molecule is Cc1c(NCCc2ccc(Cl)c(Cl)c2)ncnc1C(=O)N1CCC(N2CCOC(C)C2)CC1. The number of nitrogens with one attached hydrogen (secondary N) is 1. The van der Waals surface area contributed by atoms with E-state index < -0.39 is 0 Å². The molecule has 7 nitrogen and oxygen atoms in total. The standard InChI is InChI=1S/C24H31Cl2N5O2/c1-16-14-31(11-12-33-16)19-6-9-30(10-7-19)24(32)22-17(2)23(29-15-28-22)27-8-5-18-3-4-20(25)21(26)13-18/h3-4,13,15-16,19H,5-12,14H2,1-2H3,(H,27,28,29). The van der Waals surface area contributed by atoms with Crippen molar-refractivity contribution >= 4 is 34.9 Å². The first-order valence-electron chi connectivity index (χ1n) is 11.6. The van der Waals surface area contributed by atoms with Crippen LogP contribution in [-0.4, -0.2) is 77.2 Å². The normalized spacial score (nSPS) is 20.1. The number of amides is 1. The maximum absolute atomic E-state index is 13.2. The van der Waals surface area contributed by atoms with E-state index in [1.165, 1.54) is 6.33 Å². The van der Waals surface area contributed by atoms with Gasteiger partial charge in [0.2, 0.25) is 0 Å². The molecule has 2 fully saturated rings. The van der Waals surface area contributed by atoms with Gasteiger partial charge in [-0.1, -0.05) is 29.3 Å². The van der Waals surface area contributed by atoms with E-state index in [0.717, 1.165) is 63.2 Å². The van der Waals surface area contributed by atoms with Gasteiger partial charge in [0.05, 0.1) is 22.8 Å². The van der Waals surface area contributed by atoms with Crippen molar-refractivity contribution in [2.45, 2.75) is 45.3 Å². The number of carbonyl (C=O) groups is 1. The molecule has 0 spiro atoms. The second-order valence-electron chi connectivity index (χ2n) is 8.82. The fourth-order valence-corrected chi connectivity index (χ4v) is 4.95. The Morgan fingerprint density at radius 2 is 1.97 bits per heavy atom. The zero-order chi connectivity index (χ0) is 23.4. The Kier molecular flexibility index (Phi) is 8.07. The lowest BCUT2D eigenvalue weighted by atomic mass is 10.0. The fraction of sp³-hybridized carbons (Fsp3) is 0.542. The molecule has 0 saturated carbocycles. The van der Waals surface area contributed by atoms with E-state index in [0.29, 0.717) is 34.1 Å². The molecule has 1 unspecified atom stereocenters. The number of morpholine rings is 1. The van der Waals surface area contributed by atoms with E-state index in [1.807, 2.05) is 24.0 Å². The van der Waals surface area contributed by atoms with Crippen LogP contribution in [0, 0.1) is 6.92 Å². The van der Waals surface area contributed by atoms with Crippen molar-refractivity contribution < 1.29 is 9.53 Å². The molecule has 0 aliphatic carbocycles. The highest BCUT2D eigenvalue weighted by molar-refractivity contribution is 6.42. The highest BCUT2D eigenvalue weighted by Crippen LogP contribution is 2.24. The average molecular weight is 492 g/mol. The van der Waals surface area contributed by atoms with Gasteiger partial charge < -0.3 is 15.0 Å². The molecule has 178 valence electrons. The molecule has 2 aliphatic rings. The van der Waals surface area contributed by atoms with Gasteiger partial charge in [0.15, 0.2) is 0 Å². The second-order valence-corrected chi connectivity index (χ2v) is 9.64. The van der Waals surface area contributed by atoms with E-state index in [9.17, 15) is 4.79 Å². The molecule has 2 saturated heterocycles. The van der Waals surface area contributed by atoms with Gasteiger partial charge in [-0.3, -0.25) is 9.69 Å². The molecule has 3 heterocycles. The number of piperidine rings is 1. The summed E-state index contributed by atoms with van der Waals surface area (Å²) in [4.78, 5) is 26.3. The lowest BCUT2D eigenvalue weighted by molar-refractivity contribution is -0.0424. The predicted octanol–water partition coefficient (Wildman–Crippen LogP) is 4.07. The van der Waals surface area contributed by atoms with Crippen molar-refractivity contribution in [2.24, 2.45) is 0 Å². The predicted molar refractivity (Wildman–Crippen MR) is 131 cm³/mol. The molecule has 1 N–H and O–H groups in total. The van der Waals surface area contributed by atoms with Crippen LogP contribution in [0.3, 0.4) is 0 Å². The van der Waals surface area contributed by atoms with Crippen molar-refractivity contribution in [1.82, 2.24) is 19.8 Å². The van der Waals surface area contributed by atoms with Gasteiger partial charge in [0.1, 0.15) is 17.8 Å². The molecule has 1 atom stereocenters. The van der Waals surface area contributed by atoms with Crippen LogP contribution in [0.4, 0.5) is 5.82 Å². The molecular formula is C24H31Cl2N5O2. The third-order valence-corrected chi connectivity index (χ3v) is 7.26. The number of nitrogens with zero attached hydrogens (tertiary/aromatic N) is 4. The quantitative estimate of drug-likeness (QED) is 0.656. The number of hydrogen-bond acceptors (Lipinski definition) is 6. The highest BCUT2D eigenvalue weighted by Gasteiger charge is 2.30. The average Bonchev–Trinajstić information content (AvgIpc) is 2.82. The maximum Gasteiger partial charge on any atom is 0.272 e. The fourth-order valence-electron chi connectivity index (χ4n) is 4.63. The minimum atomic E-state index is -0.0174. The molecule has 4 rings (SSSR count). The van der Waals surface area contributed by atoms with Gasteiger partial charge in [0.25, 0.3) is 5.91 Å². The smallest absolute Gasteiger partial charge is 0.272 e. The van der Waals surface area contributed by atoms with Gasteiger partial charge in [-0.05, 0) is 50.8 Å². The first-order valence-corrected chi connectivity index (χ1v) is 12.3. The molecule has 1 aromatic heterocycles. The third-order valence-electron chi connectivity index (χ3n) is 6.52. The number of benzene rings is 1. The van der Waals surface area contributed by atoms with Gasteiger partial charge >= 0.3 is 0 Å². The summed E-state index contributed by atoms with van der Waals surface area (Å²) >= 11 is 12.1. The maximum atomic E-state index is 13.2. The summed E-state index contributed by atoms with van der Waals surface area (Å²) < 4.78 is 5.67. The van der Waals surface area contributed by atoms with Gasteiger partial charge in [-0.15, -0.1) is 0 Å². The van der Waals surface area contributed by atoms with Crippen LogP contribution in [-0.2, 0) is 11.2 Å². The van der Waals surface area contributed by atoms with Crippen molar-refractivity contribution in [3.05, 3.63) is 51.4 Å². The Morgan fingerprint density at radius 3 is 2.70 bits per heavy atom. The largest absolute Gasteiger partial charge is 0.376 e. The Morgan fingerprint density at radius 1 is 1.18 bits per heavy atom. The molecule has 1 aromatic carbocycles. The highest BCUT2D eigenvalue weighted by atomic mass is 35.5. The van der Waals surface area contributed by atoms with Crippen LogP contribution < -0.4 is 5.32 Å². The lowest BCUT2D eigenvalue weighted by Crippen LogP contribution is -2.51. The van der Waals surface area contributed by atoms with E-state index in [4.69, 9.17) is 27.9 Å². The second kappa shape index (κ2) is 11.0. The zero-order valence-corrected chi connectivity index (χ0v) is 20.7. The van der Waals surface area contributed by atoms with Crippen LogP contribution >= 0.6 is 23.2 Å². The number of aromatic nitrogens is 2. The summed E-state index contributed by atoms with van der Waals surface area (Å²) in [5.41, 5.74) is 2.33. The van der Waals surface area contributed by atoms with Gasteiger partial charge in [0, 0.05) is 44.3 Å². The van der Waals surface area contributed by atoms with Crippen LogP contribution in [0.5, 0.6) is 0 Å². The molecule has 0 radical (unpaired) electrons. The van der Waals surface area contributed by atoms with Crippen LogP contribution in [0.25, 0.3) is 0 Å². The summed E-state index contributed by atoms with van der Waals surface area (Å²) in [6.45, 7) is 8.92. The Labute approximate surface area is 205 Å². The summed E-state index contributed by atoms with van der Waals surface area (Å²) in [7, 11) is 0. The number of likely N-dealkylation sites (tertiary alicyclic amines) is 1. The number of anilines is 1. The summed E-state index contributed by atoms with van der Waals surface area (Å²) in [6, 6.07) is 6.15. The van der Waals surface area contributed by atoms with Crippen LogP contribution in [0.15, 0.2) is 24.5 Å². The Balaban J connectivity index is 1.33. The Hall–Kier alpha value is -1.93.